The van der Waals surface area contributed by atoms with E-state index in [-0.39, 0.29) is 48.0 Å². The molecule has 256 valence electrons. The Labute approximate surface area is 281 Å². The summed E-state index contributed by atoms with van der Waals surface area (Å²) < 4.78 is 51.8. The van der Waals surface area contributed by atoms with Crippen LogP contribution in [0.5, 0.6) is 11.6 Å². The number of carboxylic acids is 1. The number of rotatable bonds is 6. The summed E-state index contributed by atoms with van der Waals surface area (Å²) >= 11 is 2.05. The van der Waals surface area contributed by atoms with E-state index in [0.29, 0.717) is 29.3 Å². The lowest BCUT2D eigenvalue weighted by Gasteiger charge is -2.40. The van der Waals surface area contributed by atoms with Crippen molar-refractivity contribution in [2.45, 2.75) is 62.4 Å². The molecule has 1 unspecified atom stereocenters. The zero-order valence-corrected chi connectivity index (χ0v) is 27.7. The molecule has 12 nitrogen and oxygen atoms in total. The van der Waals surface area contributed by atoms with Gasteiger partial charge in [-0.3, -0.25) is 4.79 Å². The van der Waals surface area contributed by atoms with Crippen LogP contribution in [0.2, 0.25) is 0 Å². The molecule has 48 heavy (non-hydrogen) atoms. The first-order chi connectivity index (χ1) is 22.9. The number of hydrogen-bond donors (Lipinski definition) is 2. The molecule has 2 N–H and O–H groups in total. The fraction of sp³-hybridized carbons (Fsp3) is 0.484. The lowest BCUT2D eigenvalue weighted by atomic mass is 9.98. The van der Waals surface area contributed by atoms with E-state index in [1.807, 2.05) is 12.2 Å². The lowest BCUT2D eigenvalue weighted by molar-refractivity contribution is -0.144. The molecule has 1 saturated heterocycles. The normalized spacial score (nSPS) is 25.7. The predicted octanol–water partition coefficient (Wildman–Crippen LogP) is 5.32. The first kappa shape index (κ1) is 33.6. The number of methoxy groups -OCH3 is 1. The van der Waals surface area contributed by atoms with Crippen molar-refractivity contribution in [1.29, 1.82) is 0 Å². The van der Waals surface area contributed by atoms with Crippen molar-refractivity contribution in [3.8, 4) is 33.0 Å². The molecule has 0 spiro atoms. The Balaban J connectivity index is 1.31. The molecule has 17 heteroatoms. The zero-order valence-electron chi connectivity index (χ0n) is 26.0. The molecule has 4 atom stereocenters. The SMILES string of the molecule is COc1ccsc1-c1cc(OC2CCN3C(=O)N(C)CCCC/C=C/[C@@H]4C[C@@]4(C(=O)O)NC(=O)[C@@H]3C2)nc(-c2nc(C(F)(F)F)cs2)n1. The van der Waals surface area contributed by atoms with Crippen molar-refractivity contribution in [2.24, 2.45) is 5.92 Å². The number of aliphatic carboxylic acids is 1. The number of allylic oxidation sites excluding steroid dienone is 1. The van der Waals surface area contributed by atoms with Crippen LogP contribution < -0.4 is 14.8 Å². The molecule has 5 heterocycles. The van der Waals surface area contributed by atoms with Gasteiger partial charge in [-0.1, -0.05) is 12.2 Å². The number of nitrogens with one attached hydrogen (secondary N) is 1. The maximum atomic E-state index is 13.8. The number of nitrogens with zero attached hydrogens (tertiary/aromatic N) is 5. The highest BCUT2D eigenvalue weighted by Gasteiger charge is 2.61. The molecule has 0 radical (unpaired) electrons. The summed E-state index contributed by atoms with van der Waals surface area (Å²) in [5, 5.41) is 15.4. The number of alkyl halides is 3. The van der Waals surface area contributed by atoms with E-state index in [2.05, 4.69) is 20.3 Å². The summed E-state index contributed by atoms with van der Waals surface area (Å²) in [6, 6.07) is 1.87. The average molecular weight is 707 g/mol. The Hall–Kier alpha value is -4.25. The van der Waals surface area contributed by atoms with E-state index in [4.69, 9.17) is 9.47 Å². The largest absolute Gasteiger partial charge is 0.495 e. The summed E-state index contributed by atoms with van der Waals surface area (Å²) in [7, 11) is 3.16. The third-order valence-corrected chi connectivity index (χ3v) is 10.5. The number of piperidine rings is 1. The molecule has 6 rings (SSSR count). The number of hydrogen-bond acceptors (Lipinski definition) is 10. The summed E-state index contributed by atoms with van der Waals surface area (Å²) in [5.74, 6) is -1.65. The van der Waals surface area contributed by atoms with Gasteiger partial charge in [0.1, 0.15) is 23.4 Å². The third-order valence-electron chi connectivity index (χ3n) is 8.71. The van der Waals surface area contributed by atoms with Gasteiger partial charge in [0.25, 0.3) is 0 Å². The number of carboxylic acid groups (broad SMARTS) is 1. The Kier molecular flexibility index (Phi) is 9.35. The minimum atomic E-state index is -4.65. The smallest absolute Gasteiger partial charge is 0.434 e. The number of fused-ring (bicyclic) bond motifs is 2. The Morgan fingerprint density at radius 3 is 2.71 bits per heavy atom. The Morgan fingerprint density at radius 1 is 1.17 bits per heavy atom. The highest BCUT2D eigenvalue weighted by Crippen LogP contribution is 2.45. The van der Waals surface area contributed by atoms with Crippen molar-refractivity contribution in [2.75, 3.05) is 27.2 Å². The standard InChI is InChI=1S/C31H33F3N6O6S2/c1-39-10-6-4-3-5-7-17-15-30(17,28(42)43)38-26(41)20-13-18(8-11-40(20)29(39)44)46-23-14-19(24-21(45-2)9-12-47-24)35-25(37-23)27-36-22(16-48-27)31(32,33)34/h5,7,9,12,14,16-18,20H,3-4,6,8,10-11,13,15H2,1-2H3,(H,38,41)(H,42,43)/b7-5+/t17-,18?,20+,30-/m1/s1. The number of halogens is 3. The first-order valence-corrected chi connectivity index (χ1v) is 17.1. The first-order valence-electron chi connectivity index (χ1n) is 15.3. The van der Waals surface area contributed by atoms with Gasteiger partial charge in [0.15, 0.2) is 16.5 Å². The number of carbonyl (C=O) groups is 3. The highest BCUT2D eigenvalue weighted by molar-refractivity contribution is 7.14. The number of aromatic nitrogens is 3. The van der Waals surface area contributed by atoms with Gasteiger partial charge in [-0.2, -0.15) is 18.2 Å². The topological polar surface area (TPSA) is 147 Å². The van der Waals surface area contributed by atoms with Crippen LogP contribution in [0, 0.1) is 5.92 Å². The van der Waals surface area contributed by atoms with E-state index in [1.165, 1.54) is 29.4 Å². The lowest BCUT2D eigenvalue weighted by Crippen LogP contribution is -2.60. The molecule has 1 aliphatic carbocycles. The van der Waals surface area contributed by atoms with Gasteiger partial charge in [0.2, 0.25) is 11.8 Å². The summed E-state index contributed by atoms with van der Waals surface area (Å²) in [4.78, 5) is 55.9. The molecule has 3 amide bonds. The summed E-state index contributed by atoms with van der Waals surface area (Å²) in [6.45, 7) is 0.631. The van der Waals surface area contributed by atoms with Crippen molar-refractivity contribution in [3.63, 3.8) is 0 Å². The van der Waals surface area contributed by atoms with E-state index < -0.39 is 41.4 Å². The molecule has 1 saturated carbocycles. The number of thiazole rings is 1. The van der Waals surface area contributed by atoms with Gasteiger partial charge in [0, 0.05) is 50.3 Å². The fourth-order valence-corrected chi connectivity index (χ4v) is 7.57. The maximum Gasteiger partial charge on any atom is 0.434 e. The summed E-state index contributed by atoms with van der Waals surface area (Å²) in [5.41, 5.74) is -2.18. The predicted molar refractivity (Wildman–Crippen MR) is 170 cm³/mol. The van der Waals surface area contributed by atoms with Gasteiger partial charge in [-0.25, -0.2) is 19.6 Å². The molecule has 2 fully saturated rings. The molecule has 0 bridgehead atoms. The monoisotopic (exact) mass is 706 g/mol. The summed E-state index contributed by atoms with van der Waals surface area (Å²) in [6.07, 6.45) is 1.35. The minimum absolute atomic E-state index is 0.0219. The van der Waals surface area contributed by atoms with Gasteiger partial charge < -0.3 is 29.7 Å². The number of urea groups is 1. The highest BCUT2D eigenvalue weighted by atomic mass is 32.1. The van der Waals surface area contributed by atoms with Crippen molar-refractivity contribution < 1.29 is 42.1 Å². The molecular weight excluding hydrogens is 674 g/mol. The van der Waals surface area contributed by atoms with Gasteiger partial charge in [-0.15, -0.1) is 22.7 Å². The van der Waals surface area contributed by atoms with Crippen LogP contribution in [0.4, 0.5) is 18.0 Å². The third kappa shape index (κ3) is 6.83. The second kappa shape index (κ2) is 13.3. The molecule has 2 aliphatic heterocycles. The van der Waals surface area contributed by atoms with Gasteiger partial charge >= 0.3 is 18.2 Å². The Morgan fingerprint density at radius 2 is 1.98 bits per heavy atom. The van der Waals surface area contributed by atoms with E-state index >= 15 is 0 Å². The zero-order chi connectivity index (χ0) is 34.2. The second-order valence-corrected chi connectivity index (χ2v) is 13.7. The van der Waals surface area contributed by atoms with Gasteiger partial charge in [-0.05, 0) is 37.1 Å². The van der Waals surface area contributed by atoms with Crippen LogP contribution >= 0.6 is 22.7 Å². The van der Waals surface area contributed by atoms with Crippen LogP contribution in [0.1, 0.15) is 44.2 Å². The number of thiophene rings is 1. The van der Waals surface area contributed by atoms with Crippen molar-refractivity contribution in [3.05, 3.63) is 40.7 Å². The molecule has 0 aromatic carbocycles. The number of amides is 3. The van der Waals surface area contributed by atoms with Crippen LogP contribution in [0.25, 0.3) is 21.4 Å². The molecule has 3 aliphatic rings. The van der Waals surface area contributed by atoms with Crippen LogP contribution in [0.15, 0.2) is 35.0 Å². The molecule has 3 aromatic rings. The Bertz CT molecular complexity index is 1730. The molecular formula is C31H33F3N6O6S2. The van der Waals surface area contributed by atoms with Crippen molar-refractivity contribution in [1.82, 2.24) is 30.1 Å². The van der Waals surface area contributed by atoms with E-state index in [0.717, 1.165) is 36.0 Å². The average Bonchev–Trinajstić information content (AvgIpc) is 3.39. The molecule has 3 aromatic heterocycles. The second-order valence-electron chi connectivity index (χ2n) is 11.9. The fourth-order valence-electron chi connectivity index (χ4n) is 5.99. The van der Waals surface area contributed by atoms with E-state index in [9.17, 15) is 32.7 Å². The van der Waals surface area contributed by atoms with Crippen molar-refractivity contribution >= 4 is 40.6 Å². The van der Waals surface area contributed by atoms with Gasteiger partial charge in [0.05, 0.1) is 17.7 Å². The van der Waals surface area contributed by atoms with Crippen LogP contribution in [0.3, 0.4) is 0 Å². The maximum absolute atomic E-state index is 13.8. The quantitative estimate of drug-likeness (QED) is 0.325. The number of ether oxygens (including phenoxy) is 2. The number of carbonyl (C=O) groups excluding carboxylic acids is 2. The minimum Gasteiger partial charge on any atom is -0.495 e. The van der Waals surface area contributed by atoms with Crippen LogP contribution in [-0.4, -0.2) is 92.7 Å². The van der Waals surface area contributed by atoms with E-state index in [1.54, 1.807) is 23.4 Å². The van der Waals surface area contributed by atoms with Crippen LogP contribution in [-0.2, 0) is 15.8 Å².